The average Bonchev–Trinajstić information content (AvgIpc) is 3.52. The maximum Gasteiger partial charge on any atom is 0.133 e. The van der Waals surface area contributed by atoms with Crippen LogP contribution < -0.4 is 9.80 Å². The van der Waals surface area contributed by atoms with Crippen LogP contribution in [0.15, 0.2) is 30.9 Å². The van der Waals surface area contributed by atoms with Crippen LogP contribution in [-0.2, 0) is 0 Å². The van der Waals surface area contributed by atoms with Crippen molar-refractivity contribution in [3.05, 3.63) is 42.1 Å². The summed E-state index contributed by atoms with van der Waals surface area (Å²) in [7, 11) is 0. The standard InChI is InChI=1S/C18H21N5/c1-2-13(1)15-5-6-19-10-17(15)22-7-8-23(12-22)18-9-16(14-3-4-14)20-11-21-18/h5-6,9-11,13-14H,1-4,7-8,12H2. The van der Waals surface area contributed by atoms with E-state index in [0.29, 0.717) is 5.92 Å². The van der Waals surface area contributed by atoms with E-state index >= 15 is 0 Å². The van der Waals surface area contributed by atoms with E-state index in [1.807, 2.05) is 12.4 Å². The second-order valence-electron chi connectivity index (χ2n) is 6.95. The zero-order chi connectivity index (χ0) is 15.2. The molecular weight excluding hydrogens is 286 g/mol. The average molecular weight is 307 g/mol. The van der Waals surface area contributed by atoms with E-state index in [9.17, 15) is 0 Å². The first kappa shape index (κ1) is 13.3. The molecule has 0 amide bonds. The van der Waals surface area contributed by atoms with Crippen LogP contribution in [0.4, 0.5) is 11.5 Å². The molecule has 2 aromatic rings. The summed E-state index contributed by atoms with van der Waals surface area (Å²) in [6.45, 7) is 2.95. The molecule has 0 unspecified atom stereocenters. The van der Waals surface area contributed by atoms with Gasteiger partial charge in [-0.25, -0.2) is 9.97 Å². The topological polar surface area (TPSA) is 45.2 Å². The van der Waals surface area contributed by atoms with Crippen molar-refractivity contribution in [1.82, 2.24) is 15.0 Å². The number of pyridine rings is 1. The van der Waals surface area contributed by atoms with Crippen LogP contribution >= 0.6 is 0 Å². The van der Waals surface area contributed by atoms with E-state index in [2.05, 4.69) is 36.9 Å². The molecule has 5 rings (SSSR count). The van der Waals surface area contributed by atoms with Gasteiger partial charge >= 0.3 is 0 Å². The Kier molecular flexibility index (Phi) is 2.99. The number of nitrogens with zero attached hydrogens (tertiary/aromatic N) is 5. The largest absolute Gasteiger partial charge is 0.351 e. The van der Waals surface area contributed by atoms with Gasteiger partial charge in [0, 0.05) is 37.0 Å². The molecule has 0 N–H and O–H groups in total. The van der Waals surface area contributed by atoms with Gasteiger partial charge in [0.15, 0.2) is 0 Å². The molecule has 3 fully saturated rings. The van der Waals surface area contributed by atoms with E-state index in [1.165, 1.54) is 42.6 Å². The quantitative estimate of drug-likeness (QED) is 0.869. The smallest absolute Gasteiger partial charge is 0.133 e. The van der Waals surface area contributed by atoms with Gasteiger partial charge in [0.1, 0.15) is 12.1 Å². The third kappa shape index (κ3) is 2.54. The van der Waals surface area contributed by atoms with Gasteiger partial charge in [-0.1, -0.05) is 0 Å². The number of rotatable bonds is 4. The van der Waals surface area contributed by atoms with E-state index in [1.54, 1.807) is 6.33 Å². The lowest BCUT2D eigenvalue weighted by Crippen LogP contribution is -2.26. The summed E-state index contributed by atoms with van der Waals surface area (Å²) >= 11 is 0. The van der Waals surface area contributed by atoms with E-state index < -0.39 is 0 Å². The second kappa shape index (κ2) is 5.18. The summed E-state index contributed by atoms with van der Waals surface area (Å²) in [5.41, 5.74) is 4.01. The Labute approximate surface area is 136 Å². The summed E-state index contributed by atoms with van der Waals surface area (Å²) in [5.74, 6) is 2.50. The predicted octanol–water partition coefficient (Wildman–Crippen LogP) is 2.91. The van der Waals surface area contributed by atoms with Gasteiger partial charge < -0.3 is 9.80 Å². The van der Waals surface area contributed by atoms with Crippen LogP contribution in [0.1, 0.15) is 48.8 Å². The monoisotopic (exact) mass is 307 g/mol. The molecule has 5 heteroatoms. The summed E-state index contributed by atoms with van der Waals surface area (Å²) in [6, 6.07) is 4.39. The van der Waals surface area contributed by atoms with Gasteiger partial charge in [-0.05, 0) is 43.2 Å². The first-order chi connectivity index (χ1) is 11.4. The van der Waals surface area contributed by atoms with Crippen LogP contribution in [0.5, 0.6) is 0 Å². The zero-order valence-corrected chi connectivity index (χ0v) is 13.2. The maximum absolute atomic E-state index is 4.50. The minimum Gasteiger partial charge on any atom is -0.351 e. The molecule has 3 heterocycles. The molecule has 2 saturated carbocycles. The van der Waals surface area contributed by atoms with Gasteiger partial charge in [0.05, 0.1) is 18.6 Å². The molecule has 118 valence electrons. The van der Waals surface area contributed by atoms with Gasteiger partial charge in [0.2, 0.25) is 0 Å². The molecule has 0 aromatic carbocycles. The highest BCUT2D eigenvalue weighted by Gasteiger charge is 2.31. The van der Waals surface area contributed by atoms with E-state index in [4.69, 9.17) is 0 Å². The minimum atomic E-state index is 0.676. The highest BCUT2D eigenvalue weighted by Crippen LogP contribution is 2.44. The van der Waals surface area contributed by atoms with Gasteiger partial charge in [-0.3, -0.25) is 4.98 Å². The summed E-state index contributed by atoms with van der Waals surface area (Å²) in [6.07, 6.45) is 10.9. The molecule has 1 saturated heterocycles. The van der Waals surface area contributed by atoms with Crippen molar-refractivity contribution in [2.45, 2.75) is 37.5 Å². The number of hydrogen-bond donors (Lipinski definition) is 0. The first-order valence-electron chi connectivity index (χ1n) is 8.64. The lowest BCUT2D eigenvalue weighted by atomic mass is 10.1. The first-order valence-corrected chi connectivity index (χ1v) is 8.64. The number of anilines is 2. The molecule has 5 nitrogen and oxygen atoms in total. The molecule has 2 aromatic heterocycles. The van der Waals surface area contributed by atoms with Gasteiger partial charge in [-0.2, -0.15) is 0 Å². The van der Waals surface area contributed by atoms with Crippen molar-refractivity contribution in [2.75, 3.05) is 29.6 Å². The lowest BCUT2D eigenvalue weighted by Gasteiger charge is -2.22. The molecule has 2 aliphatic carbocycles. The fourth-order valence-electron chi connectivity index (χ4n) is 3.51. The van der Waals surface area contributed by atoms with E-state index in [-0.39, 0.29) is 0 Å². The van der Waals surface area contributed by atoms with E-state index in [0.717, 1.165) is 31.5 Å². The Morgan fingerprint density at radius 1 is 0.957 bits per heavy atom. The number of aromatic nitrogens is 3. The maximum atomic E-state index is 4.50. The van der Waals surface area contributed by atoms with Crippen molar-refractivity contribution in [3.63, 3.8) is 0 Å². The number of hydrogen-bond acceptors (Lipinski definition) is 5. The molecule has 0 spiro atoms. The molecule has 0 atom stereocenters. The third-order valence-corrected chi connectivity index (χ3v) is 5.17. The summed E-state index contributed by atoms with van der Waals surface area (Å²) < 4.78 is 0. The Morgan fingerprint density at radius 3 is 2.61 bits per heavy atom. The molecular formula is C18H21N5. The summed E-state index contributed by atoms with van der Waals surface area (Å²) in [5, 5.41) is 0. The normalized spacial score (nSPS) is 21.0. The van der Waals surface area contributed by atoms with Crippen LogP contribution in [0.2, 0.25) is 0 Å². The van der Waals surface area contributed by atoms with Crippen molar-refractivity contribution in [3.8, 4) is 0 Å². The Bertz CT molecular complexity index is 723. The van der Waals surface area contributed by atoms with Crippen LogP contribution in [0.25, 0.3) is 0 Å². The SMILES string of the molecule is c1cc(C2CC2)c(N2CCN(c3cc(C4CC4)ncn3)C2)cn1. The highest BCUT2D eigenvalue weighted by atomic mass is 15.4. The Balaban J connectivity index is 1.37. The van der Waals surface area contributed by atoms with Crippen molar-refractivity contribution in [1.29, 1.82) is 0 Å². The predicted molar refractivity (Wildman–Crippen MR) is 89.8 cm³/mol. The van der Waals surface area contributed by atoms with Crippen LogP contribution in [-0.4, -0.2) is 34.7 Å². The highest BCUT2D eigenvalue weighted by molar-refractivity contribution is 5.58. The molecule has 0 radical (unpaired) electrons. The Hall–Kier alpha value is -2.17. The lowest BCUT2D eigenvalue weighted by molar-refractivity contribution is 0.893. The molecule has 0 bridgehead atoms. The zero-order valence-electron chi connectivity index (χ0n) is 13.2. The molecule has 1 aliphatic heterocycles. The van der Waals surface area contributed by atoms with Crippen LogP contribution in [0, 0.1) is 0 Å². The van der Waals surface area contributed by atoms with Crippen molar-refractivity contribution >= 4 is 11.5 Å². The minimum absolute atomic E-state index is 0.676. The molecule has 3 aliphatic rings. The van der Waals surface area contributed by atoms with Gasteiger partial charge in [0.25, 0.3) is 0 Å². The van der Waals surface area contributed by atoms with Crippen molar-refractivity contribution in [2.24, 2.45) is 0 Å². The third-order valence-electron chi connectivity index (χ3n) is 5.17. The van der Waals surface area contributed by atoms with Crippen LogP contribution in [0.3, 0.4) is 0 Å². The second-order valence-corrected chi connectivity index (χ2v) is 6.95. The fraction of sp³-hybridized carbons (Fsp3) is 0.500. The summed E-state index contributed by atoms with van der Waals surface area (Å²) in [4.78, 5) is 18.1. The van der Waals surface area contributed by atoms with Crippen molar-refractivity contribution < 1.29 is 0 Å². The fourth-order valence-corrected chi connectivity index (χ4v) is 3.51. The molecule has 23 heavy (non-hydrogen) atoms. The Morgan fingerprint density at radius 2 is 1.78 bits per heavy atom. The van der Waals surface area contributed by atoms with Gasteiger partial charge in [-0.15, -0.1) is 0 Å².